The van der Waals surface area contributed by atoms with Crippen LogP contribution in [0, 0.1) is 5.92 Å². The molecular weight excluding hydrogens is 248 g/mol. The standard InChI is InChI=1S/C16H30N4/c1-6-14-8-15(20(7-2)18-14)10-19-11-16(12(3)4)17-9-13(19)5/h8,12-13,16-17H,6-7,9-11H2,1-5H3. The van der Waals surface area contributed by atoms with Crippen LogP contribution in [0.4, 0.5) is 0 Å². The fourth-order valence-corrected chi connectivity index (χ4v) is 2.91. The Bertz CT molecular complexity index is 424. The first-order valence-electron chi connectivity index (χ1n) is 8.08. The summed E-state index contributed by atoms with van der Waals surface area (Å²) in [4.78, 5) is 2.60. The van der Waals surface area contributed by atoms with Gasteiger partial charge in [0, 0.05) is 38.3 Å². The SMILES string of the molecule is CCc1cc(CN2CC(C(C)C)NCC2C)n(CC)n1. The topological polar surface area (TPSA) is 33.1 Å². The number of hydrogen-bond donors (Lipinski definition) is 1. The molecule has 4 nitrogen and oxygen atoms in total. The normalized spacial score (nSPS) is 24.5. The van der Waals surface area contributed by atoms with Crippen LogP contribution in [0.3, 0.4) is 0 Å². The maximum absolute atomic E-state index is 4.67. The van der Waals surface area contributed by atoms with Gasteiger partial charge in [0.2, 0.25) is 0 Å². The molecule has 0 radical (unpaired) electrons. The summed E-state index contributed by atoms with van der Waals surface area (Å²) in [6.45, 7) is 15.5. The Balaban J connectivity index is 2.09. The van der Waals surface area contributed by atoms with Crippen LogP contribution in [0.5, 0.6) is 0 Å². The molecule has 1 aromatic heterocycles. The number of rotatable bonds is 5. The van der Waals surface area contributed by atoms with Gasteiger partial charge in [-0.3, -0.25) is 9.58 Å². The number of hydrogen-bond acceptors (Lipinski definition) is 3. The predicted molar refractivity (Wildman–Crippen MR) is 83.8 cm³/mol. The molecule has 1 aliphatic heterocycles. The van der Waals surface area contributed by atoms with Gasteiger partial charge in [-0.05, 0) is 32.3 Å². The average molecular weight is 278 g/mol. The van der Waals surface area contributed by atoms with Crippen molar-refractivity contribution in [3.05, 3.63) is 17.5 Å². The van der Waals surface area contributed by atoms with Crippen molar-refractivity contribution >= 4 is 0 Å². The monoisotopic (exact) mass is 278 g/mol. The van der Waals surface area contributed by atoms with E-state index in [2.05, 4.69) is 60.7 Å². The van der Waals surface area contributed by atoms with E-state index in [0.717, 1.165) is 32.6 Å². The quantitative estimate of drug-likeness (QED) is 0.897. The zero-order valence-corrected chi connectivity index (χ0v) is 13.7. The van der Waals surface area contributed by atoms with Crippen LogP contribution >= 0.6 is 0 Å². The lowest BCUT2D eigenvalue weighted by Gasteiger charge is -2.40. The molecule has 2 atom stereocenters. The van der Waals surface area contributed by atoms with Gasteiger partial charge < -0.3 is 5.32 Å². The lowest BCUT2D eigenvalue weighted by molar-refractivity contribution is 0.113. The molecular formula is C16H30N4. The molecule has 2 rings (SSSR count). The minimum Gasteiger partial charge on any atom is -0.311 e. The Hall–Kier alpha value is -0.870. The minimum atomic E-state index is 0.593. The minimum absolute atomic E-state index is 0.593. The third-order valence-corrected chi connectivity index (χ3v) is 4.48. The highest BCUT2D eigenvalue weighted by Crippen LogP contribution is 2.17. The number of nitrogens with zero attached hydrogens (tertiary/aromatic N) is 3. The van der Waals surface area contributed by atoms with Crippen molar-refractivity contribution in [1.82, 2.24) is 20.0 Å². The molecule has 0 bridgehead atoms. The first-order chi connectivity index (χ1) is 9.55. The van der Waals surface area contributed by atoms with Crippen molar-refractivity contribution in [3.8, 4) is 0 Å². The van der Waals surface area contributed by atoms with E-state index in [1.165, 1.54) is 11.4 Å². The third kappa shape index (κ3) is 3.41. The Kier molecular flexibility index (Phi) is 5.22. The molecule has 20 heavy (non-hydrogen) atoms. The summed E-state index contributed by atoms with van der Waals surface area (Å²) in [5.74, 6) is 0.687. The van der Waals surface area contributed by atoms with Crippen LogP contribution in [0.1, 0.15) is 46.0 Å². The van der Waals surface area contributed by atoms with Gasteiger partial charge in [0.1, 0.15) is 0 Å². The zero-order valence-electron chi connectivity index (χ0n) is 13.7. The van der Waals surface area contributed by atoms with Crippen LogP contribution < -0.4 is 5.32 Å². The van der Waals surface area contributed by atoms with Crippen molar-refractivity contribution < 1.29 is 0 Å². The molecule has 1 aromatic rings. The lowest BCUT2D eigenvalue weighted by atomic mass is 9.99. The predicted octanol–water partition coefficient (Wildman–Crippen LogP) is 2.28. The second kappa shape index (κ2) is 6.72. The summed E-state index contributed by atoms with van der Waals surface area (Å²) < 4.78 is 2.16. The van der Waals surface area contributed by atoms with Crippen molar-refractivity contribution in [1.29, 1.82) is 0 Å². The third-order valence-electron chi connectivity index (χ3n) is 4.48. The van der Waals surface area contributed by atoms with Gasteiger partial charge in [0.05, 0.1) is 11.4 Å². The lowest BCUT2D eigenvalue weighted by Crippen LogP contribution is -2.56. The fourth-order valence-electron chi connectivity index (χ4n) is 2.91. The van der Waals surface area contributed by atoms with E-state index in [0.29, 0.717) is 18.0 Å². The van der Waals surface area contributed by atoms with E-state index in [1.54, 1.807) is 0 Å². The Labute approximate surface area is 123 Å². The molecule has 0 aromatic carbocycles. The smallest absolute Gasteiger partial charge is 0.0625 e. The van der Waals surface area contributed by atoms with Gasteiger partial charge in [-0.15, -0.1) is 0 Å². The number of nitrogens with one attached hydrogen (secondary N) is 1. The molecule has 114 valence electrons. The van der Waals surface area contributed by atoms with Gasteiger partial charge in [0.25, 0.3) is 0 Å². The highest BCUT2D eigenvalue weighted by atomic mass is 15.3. The summed E-state index contributed by atoms with van der Waals surface area (Å²) in [5, 5.41) is 8.33. The average Bonchev–Trinajstić information content (AvgIpc) is 2.83. The highest BCUT2D eigenvalue weighted by Gasteiger charge is 2.27. The summed E-state index contributed by atoms with van der Waals surface area (Å²) in [5.41, 5.74) is 2.57. The van der Waals surface area contributed by atoms with Crippen LogP contribution in [0.2, 0.25) is 0 Å². The maximum atomic E-state index is 4.67. The molecule has 1 N–H and O–H groups in total. The largest absolute Gasteiger partial charge is 0.311 e. The zero-order chi connectivity index (χ0) is 14.7. The Morgan fingerprint density at radius 3 is 2.75 bits per heavy atom. The van der Waals surface area contributed by atoms with Gasteiger partial charge in [-0.2, -0.15) is 5.10 Å². The summed E-state index contributed by atoms with van der Waals surface area (Å²) in [7, 11) is 0. The molecule has 1 fully saturated rings. The summed E-state index contributed by atoms with van der Waals surface area (Å²) in [6, 6.07) is 3.48. The van der Waals surface area contributed by atoms with E-state index < -0.39 is 0 Å². The van der Waals surface area contributed by atoms with Crippen molar-refractivity contribution in [2.24, 2.45) is 5.92 Å². The maximum Gasteiger partial charge on any atom is 0.0625 e. The van der Waals surface area contributed by atoms with E-state index in [9.17, 15) is 0 Å². The Morgan fingerprint density at radius 1 is 1.40 bits per heavy atom. The summed E-state index contributed by atoms with van der Waals surface area (Å²) in [6.07, 6.45) is 1.02. The molecule has 2 unspecified atom stereocenters. The van der Waals surface area contributed by atoms with Gasteiger partial charge in [-0.25, -0.2) is 0 Å². The molecule has 1 aliphatic rings. The molecule has 0 saturated carbocycles. The first kappa shape index (κ1) is 15.5. The van der Waals surface area contributed by atoms with Crippen LogP contribution in [-0.2, 0) is 19.5 Å². The highest BCUT2D eigenvalue weighted by molar-refractivity contribution is 5.11. The van der Waals surface area contributed by atoms with E-state index in [4.69, 9.17) is 0 Å². The van der Waals surface area contributed by atoms with E-state index >= 15 is 0 Å². The second-order valence-electron chi connectivity index (χ2n) is 6.33. The van der Waals surface area contributed by atoms with Gasteiger partial charge >= 0.3 is 0 Å². The molecule has 0 spiro atoms. The van der Waals surface area contributed by atoms with E-state index in [-0.39, 0.29) is 0 Å². The number of piperazine rings is 1. The summed E-state index contributed by atoms with van der Waals surface area (Å²) >= 11 is 0. The molecule has 2 heterocycles. The van der Waals surface area contributed by atoms with Crippen LogP contribution in [0.25, 0.3) is 0 Å². The molecule has 0 amide bonds. The fraction of sp³-hybridized carbons (Fsp3) is 0.812. The second-order valence-corrected chi connectivity index (χ2v) is 6.33. The van der Waals surface area contributed by atoms with Crippen molar-refractivity contribution in [2.75, 3.05) is 13.1 Å². The molecule has 1 saturated heterocycles. The van der Waals surface area contributed by atoms with Crippen molar-refractivity contribution in [2.45, 2.75) is 66.2 Å². The van der Waals surface area contributed by atoms with Crippen molar-refractivity contribution in [3.63, 3.8) is 0 Å². The van der Waals surface area contributed by atoms with Gasteiger partial charge in [0.15, 0.2) is 0 Å². The van der Waals surface area contributed by atoms with Gasteiger partial charge in [-0.1, -0.05) is 20.8 Å². The van der Waals surface area contributed by atoms with Crippen LogP contribution in [0.15, 0.2) is 6.07 Å². The first-order valence-corrected chi connectivity index (χ1v) is 8.08. The molecule has 4 heteroatoms. The van der Waals surface area contributed by atoms with E-state index in [1.807, 2.05) is 0 Å². The molecule has 0 aliphatic carbocycles. The Morgan fingerprint density at radius 2 is 2.15 bits per heavy atom. The number of aryl methyl sites for hydroxylation is 2. The van der Waals surface area contributed by atoms with Crippen LogP contribution in [-0.4, -0.2) is 39.9 Å². The number of aromatic nitrogens is 2.